The monoisotopic (exact) mass is 579 g/mol. The van der Waals surface area contributed by atoms with Crippen LogP contribution in [0.25, 0.3) is 11.1 Å². The van der Waals surface area contributed by atoms with Crippen LogP contribution in [0.2, 0.25) is 0 Å². The van der Waals surface area contributed by atoms with Crippen molar-refractivity contribution in [2.75, 3.05) is 19.6 Å². The van der Waals surface area contributed by atoms with Crippen LogP contribution in [0.4, 0.5) is 17.6 Å². The van der Waals surface area contributed by atoms with Crippen molar-refractivity contribution in [2.45, 2.75) is 36.9 Å². The zero-order chi connectivity index (χ0) is 29.2. The molecule has 0 radical (unpaired) electrons. The van der Waals surface area contributed by atoms with Crippen molar-refractivity contribution >= 4 is 21.9 Å². The molecule has 0 aliphatic carbocycles. The fourth-order valence-electron chi connectivity index (χ4n) is 4.71. The highest BCUT2D eigenvalue weighted by Gasteiger charge is 2.43. The normalized spacial score (nSPS) is 16.6. The van der Waals surface area contributed by atoms with Crippen LogP contribution >= 0.6 is 0 Å². The smallest absolute Gasteiger partial charge is 0.417 e. The topological polar surface area (TPSA) is 108 Å². The van der Waals surface area contributed by atoms with Crippen LogP contribution in [-0.4, -0.2) is 59.2 Å². The molecule has 1 aliphatic rings. The number of aryl methyl sites for hydroxylation is 1. The highest BCUT2D eigenvalue weighted by Crippen LogP contribution is 2.39. The van der Waals surface area contributed by atoms with Gasteiger partial charge in [-0.3, -0.25) is 14.6 Å². The molecule has 1 fully saturated rings. The molecule has 1 N–H and O–H groups in total. The Balaban J connectivity index is 1.80. The van der Waals surface area contributed by atoms with Gasteiger partial charge in [0.05, 0.1) is 22.9 Å². The van der Waals surface area contributed by atoms with Crippen LogP contribution in [0.15, 0.2) is 65.8 Å². The number of hydrogen-bond donors (Lipinski definition) is 1. The number of carboxylic acid groups (broad SMARTS) is 1. The molecule has 1 aromatic heterocycles. The summed E-state index contributed by atoms with van der Waals surface area (Å²) in [5.41, 5.74) is 1.10. The van der Waals surface area contributed by atoms with Gasteiger partial charge in [-0.15, -0.1) is 0 Å². The van der Waals surface area contributed by atoms with Gasteiger partial charge in [0.1, 0.15) is 5.82 Å². The minimum Gasteiger partial charge on any atom is -0.481 e. The number of benzene rings is 2. The molecule has 0 saturated carbocycles. The molecule has 1 atom stereocenters. The van der Waals surface area contributed by atoms with Crippen molar-refractivity contribution in [3.05, 3.63) is 83.4 Å². The van der Waals surface area contributed by atoms with Gasteiger partial charge in [0, 0.05) is 38.4 Å². The van der Waals surface area contributed by atoms with Crippen LogP contribution in [0.3, 0.4) is 0 Å². The molecular weight excluding hydrogens is 554 g/mol. The first-order valence-electron chi connectivity index (χ1n) is 12.2. The molecule has 1 aliphatic heterocycles. The van der Waals surface area contributed by atoms with Crippen molar-refractivity contribution in [1.29, 1.82) is 0 Å². The Kier molecular flexibility index (Phi) is 8.26. The van der Waals surface area contributed by atoms with E-state index in [9.17, 15) is 35.6 Å². The van der Waals surface area contributed by atoms with Crippen molar-refractivity contribution in [3.8, 4) is 11.1 Å². The molecule has 212 valence electrons. The third-order valence-corrected chi connectivity index (χ3v) is 8.64. The van der Waals surface area contributed by atoms with E-state index in [4.69, 9.17) is 5.11 Å². The van der Waals surface area contributed by atoms with E-state index < -0.39 is 56.8 Å². The largest absolute Gasteiger partial charge is 0.481 e. The van der Waals surface area contributed by atoms with Crippen LogP contribution in [0, 0.1) is 12.7 Å². The van der Waals surface area contributed by atoms with E-state index in [0.717, 1.165) is 15.4 Å². The number of carbonyl (C=O) groups is 2. The first-order valence-corrected chi connectivity index (χ1v) is 13.6. The molecule has 1 amide bonds. The maximum Gasteiger partial charge on any atom is 0.417 e. The number of aromatic nitrogens is 1. The predicted molar refractivity (Wildman–Crippen MR) is 136 cm³/mol. The molecule has 40 heavy (non-hydrogen) atoms. The van der Waals surface area contributed by atoms with Crippen molar-refractivity contribution in [3.63, 3.8) is 0 Å². The quantitative estimate of drug-likeness (QED) is 0.409. The van der Waals surface area contributed by atoms with E-state index >= 15 is 0 Å². The number of rotatable bonds is 7. The Bertz CT molecular complexity index is 1550. The van der Waals surface area contributed by atoms with Crippen molar-refractivity contribution < 1.29 is 40.7 Å². The predicted octanol–water partition coefficient (Wildman–Crippen LogP) is 4.65. The van der Waals surface area contributed by atoms with Crippen molar-refractivity contribution in [1.82, 2.24) is 14.2 Å². The van der Waals surface area contributed by atoms with Crippen molar-refractivity contribution in [2.24, 2.45) is 0 Å². The Morgan fingerprint density at radius 2 is 1.82 bits per heavy atom. The number of pyridine rings is 1. The van der Waals surface area contributed by atoms with Crippen LogP contribution in [0.5, 0.6) is 0 Å². The molecule has 3 aromatic rings. The van der Waals surface area contributed by atoms with E-state index in [1.165, 1.54) is 4.90 Å². The molecular formula is C27H25F4N3O5S. The zero-order valence-corrected chi connectivity index (χ0v) is 22.0. The van der Waals surface area contributed by atoms with E-state index in [1.54, 1.807) is 42.7 Å². The zero-order valence-electron chi connectivity index (χ0n) is 21.2. The number of halogens is 4. The van der Waals surface area contributed by atoms with Gasteiger partial charge in [0.25, 0.3) is 0 Å². The lowest BCUT2D eigenvalue weighted by Gasteiger charge is -2.41. The third kappa shape index (κ3) is 6.15. The lowest BCUT2D eigenvalue weighted by Crippen LogP contribution is -2.52. The number of sulfonamides is 1. The summed E-state index contributed by atoms with van der Waals surface area (Å²) in [4.78, 5) is 28.0. The summed E-state index contributed by atoms with van der Waals surface area (Å²) in [6, 6.07) is 8.77. The van der Waals surface area contributed by atoms with Gasteiger partial charge in [-0.25, -0.2) is 12.8 Å². The van der Waals surface area contributed by atoms with Gasteiger partial charge < -0.3 is 10.0 Å². The summed E-state index contributed by atoms with van der Waals surface area (Å²) in [5, 5.41) is 8.96. The number of carbonyl (C=O) groups excluding carboxylic acids is 1. The van der Waals surface area contributed by atoms with Gasteiger partial charge in [-0.05, 0) is 59.5 Å². The van der Waals surface area contributed by atoms with Crippen LogP contribution < -0.4 is 0 Å². The molecule has 1 saturated heterocycles. The highest BCUT2D eigenvalue weighted by molar-refractivity contribution is 7.89. The van der Waals surface area contributed by atoms with Gasteiger partial charge >= 0.3 is 12.1 Å². The van der Waals surface area contributed by atoms with Gasteiger partial charge in [-0.1, -0.05) is 18.2 Å². The summed E-state index contributed by atoms with van der Waals surface area (Å²) >= 11 is 0. The molecule has 1 unspecified atom stereocenters. The number of alkyl halides is 3. The summed E-state index contributed by atoms with van der Waals surface area (Å²) in [6.45, 7) is 1.08. The number of amides is 1. The Hall–Kier alpha value is -3.84. The molecule has 8 nitrogen and oxygen atoms in total. The Labute approximate surface area is 227 Å². The fraction of sp³-hybridized carbons (Fsp3) is 0.296. The number of carboxylic acids is 1. The average molecular weight is 580 g/mol. The summed E-state index contributed by atoms with van der Waals surface area (Å²) in [5.74, 6) is -2.94. The molecule has 4 rings (SSSR count). The molecule has 2 heterocycles. The van der Waals surface area contributed by atoms with Gasteiger partial charge in [0.15, 0.2) is 0 Å². The average Bonchev–Trinajstić information content (AvgIpc) is 2.91. The maximum absolute atomic E-state index is 13.8. The Morgan fingerprint density at radius 1 is 1.07 bits per heavy atom. The first-order chi connectivity index (χ1) is 18.8. The second-order valence-electron chi connectivity index (χ2n) is 9.32. The van der Waals surface area contributed by atoms with E-state index in [0.29, 0.717) is 23.3 Å². The fourth-order valence-corrected chi connectivity index (χ4v) is 6.50. The summed E-state index contributed by atoms with van der Waals surface area (Å²) < 4.78 is 83.5. The molecule has 0 bridgehead atoms. The Morgan fingerprint density at radius 3 is 2.50 bits per heavy atom. The number of aliphatic carboxylic acids is 1. The standard InChI is InChI=1S/C27H25F4N3O5S/c1-17-15-32-10-9-21(17)18-3-2-4-19(13-18)23-16-33(25(35)7-8-26(36)37)11-12-34(23)40(38,39)24-6-5-20(28)14-22(24)27(29,30)31/h2-6,9-10,13-15,23H,7-8,11-12,16H2,1H3,(H,36,37). The van der Waals surface area contributed by atoms with Crippen LogP contribution in [-0.2, 0) is 25.8 Å². The number of piperazine rings is 1. The van der Waals surface area contributed by atoms with E-state index in [1.807, 2.05) is 6.92 Å². The van der Waals surface area contributed by atoms with Crippen LogP contribution in [0.1, 0.15) is 35.6 Å². The van der Waals surface area contributed by atoms with Gasteiger partial charge in [0.2, 0.25) is 15.9 Å². The molecule has 13 heteroatoms. The SMILES string of the molecule is Cc1cnccc1-c1cccc(C2CN(C(=O)CCC(=O)O)CCN2S(=O)(=O)c2ccc(F)cc2C(F)(F)F)c1. The lowest BCUT2D eigenvalue weighted by molar-refractivity contribution is -0.141. The molecule has 0 spiro atoms. The number of hydrogen-bond acceptors (Lipinski definition) is 5. The number of nitrogens with zero attached hydrogens (tertiary/aromatic N) is 3. The second-order valence-corrected chi connectivity index (χ2v) is 11.2. The molecule has 2 aromatic carbocycles. The first kappa shape index (κ1) is 29.2. The lowest BCUT2D eigenvalue weighted by atomic mass is 9.96. The third-order valence-electron chi connectivity index (χ3n) is 6.67. The maximum atomic E-state index is 13.8. The highest BCUT2D eigenvalue weighted by atomic mass is 32.2. The van der Waals surface area contributed by atoms with Gasteiger partial charge in [-0.2, -0.15) is 17.5 Å². The minimum atomic E-state index is -5.15. The van der Waals surface area contributed by atoms with E-state index in [2.05, 4.69) is 4.98 Å². The summed E-state index contributed by atoms with van der Waals surface area (Å²) in [6.07, 6.45) is -2.66. The minimum absolute atomic E-state index is 0.139. The van der Waals surface area contributed by atoms with E-state index in [-0.39, 0.29) is 32.1 Å². The second kappa shape index (κ2) is 11.3. The summed E-state index contributed by atoms with van der Waals surface area (Å²) in [7, 11) is -4.85.